The van der Waals surface area contributed by atoms with Crippen LogP contribution in [0.1, 0.15) is 39.5 Å². The first kappa shape index (κ1) is 12.0. The van der Waals surface area contributed by atoms with Crippen LogP contribution in [0, 0.1) is 5.92 Å². The molecule has 1 aliphatic carbocycles. The molecule has 0 bridgehead atoms. The van der Waals surface area contributed by atoms with E-state index in [1.807, 2.05) is 0 Å². The van der Waals surface area contributed by atoms with Gasteiger partial charge in [0.05, 0.1) is 6.61 Å². The number of carbonyl (C=O) groups is 2. The summed E-state index contributed by atoms with van der Waals surface area (Å²) in [5.74, 6) is -0.631. The van der Waals surface area contributed by atoms with Gasteiger partial charge in [-0.15, -0.1) is 0 Å². The largest absolute Gasteiger partial charge is 0.459 e. The molecule has 15 heavy (non-hydrogen) atoms. The molecule has 0 radical (unpaired) electrons. The summed E-state index contributed by atoms with van der Waals surface area (Å²) in [6.07, 6.45) is 4.17. The van der Waals surface area contributed by atoms with Crippen LogP contribution in [-0.4, -0.2) is 24.5 Å². The molecule has 0 spiro atoms. The second-order valence-corrected chi connectivity index (χ2v) is 4.15. The first-order chi connectivity index (χ1) is 7.13. The molecule has 0 aliphatic heterocycles. The summed E-state index contributed by atoms with van der Waals surface area (Å²) in [6.45, 7) is 4.14. The maximum atomic E-state index is 11.3. The third kappa shape index (κ3) is 3.90. The maximum Gasteiger partial charge on any atom is 0.396 e. The lowest BCUT2D eigenvalue weighted by Gasteiger charge is -2.26. The number of hydrogen-bond acceptors (Lipinski definition) is 3. The molecule has 86 valence electrons. The van der Waals surface area contributed by atoms with E-state index in [0.29, 0.717) is 0 Å². The van der Waals surface area contributed by atoms with E-state index in [9.17, 15) is 9.59 Å². The molecule has 0 unspecified atom stereocenters. The smallest absolute Gasteiger partial charge is 0.396 e. The predicted octanol–water partition coefficient (Wildman–Crippen LogP) is 1.24. The molecule has 1 saturated carbocycles. The molecule has 1 fully saturated rings. The molecule has 0 aromatic heterocycles. The highest BCUT2D eigenvalue weighted by molar-refractivity contribution is 6.32. The third-order valence-corrected chi connectivity index (χ3v) is 2.81. The molecule has 1 aliphatic rings. The first-order valence-corrected chi connectivity index (χ1v) is 5.61. The van der Waals surface area contributed by atoms with Crippen molar-refractivity contribution in [3.05, 3.63) is 0 Å². The highest BCUT2D eigenvalue weighted by Gasteiger charge is 2.23. The number of nitrogens with one attached hydrogen (secondary N) is 1. The highest BCUT2D eigenvalue weighted by Crippen LogP contribution is 2.23. The Labute approximate surface area is 90.4 Å². The fourth-order valence-electron chi connectivity index (χ4n) is 1.85. The molecule has 4 nitrogen and oxygen atoms in total. The van der Waals surface area contributed by atoms with Crippen molar-refractivity contribution in [3.8, 4) is 0 Å². The van der Waals surface area contributed by atoms with E-state index in [1.165, 1.54) is 0 Å². The maximum absolute atomic E-state index is 11.3. The summed E-state index contributed by atoms with van der Waals surface area (Å²) in [4.78, 5) is 22.3. The van der Waals surface area contributed by atoms with Crippen molar-refractivity contribution in [2.24, 2.45) is 5.92 Å². The summed E-state index contributed by atoms with van der Waals surface area (Å²) in [6, 6.07) is 0.151. The summed E-state index contributed by atoms with van der Waals surface area (Å²) in [7, 11) is 0. The van der Waals surface area contributed by atoms with Crippen molar-refractivity contribution in [3.63, 3.8) is 0 Å². The summed E-state index contributed by atoms with van der Waals surface area (Å²) in [5, 5.41) is 2.71. The highest BCUT2D eigenvalue weighted by atomic mass is 16.5. The molecule has 1 amide bonds. The first-order valence-electron chi connectivity index (χ1n) is 5.61. The van der Waals surface area contributed by atoms with Crippen molar-refractivity contribution in [1.29, 1.82) is 0 Å². The zero-order chi connectivity index (χ0) is 11.3. The SMILES string of the molecule is CCOC(=O)C(=O)NC1CCC(C)CC1. The number of amides is 1. The van der Waals surface area contributed by atoms with Crippen LogP contribution in [0.5, 0.6) is 0 Å². The van der Waals surface area contributed by atoms with Gasteiger partial charge < -0.3 is 10.1 Å². The minimum absolute atomic E-state index is 0.151. The van der Waals surface area contributed by atoms with Crippen molar-refractivity contribution in [2.75, 3.05) is 6.61 Å². The van der Waals surface area contributed by atoms with Crippen molar-refractivity contribution in [1.82, 2.24) is 5.32 Å². The predicted molar refractivity (Wildman–Crippen MR) is 56.2 cm³/mol. The van der Waals surface area contributed by atoms with Gasteiger partial charge >= 0.3 is 11.9 Å². The van der Waals surface area contributed by atoms with Gasteiger partial charge in [-0.2, -0.15) is 0 Å². The Morgan fingerprint density at radius 1 is 1.27 bits per heavy atom. The van der Waals surface area contributed by atoms with Gasteiger partial charge in [0, 0.05) is 6.04 Å². The number of hydrogen-bond donors (Lipinski definition) is 1. The van der Waals surface area contributed by atoms with Gasteiger partial charge in [0.15, 0.2) is 0 Å². The zero-order valence-corrected chi connectivity index (χ0v) is 9.41. The average Bonchev–Trinajstić information content (AvgIpc) is 2.22. The second-order valence-electron chi connectivity index (χ2n) is 4.15. The van der Waals surface area contributed by atoms with E-state index >= 15 is 0 Å². The van der Waals surface area contributed by atoms with Crippen LogP contribution in [0.15, 0.2) is 0 Å². The van der Waals surface area contributed by atoms with Gasteiger partial charge in [-0.1, -0.05) is 6.92 Å². The molecule has 0 atom stereocenters. The van der Waals surface area contributed by atoms with Crippen molar-refractivity contribution < 1.29 is 14.3 Å². The number of esters is 1. The lowest BCUT2D eigenvalue weighted by molar-refractivity contribution is -0.155. The normalized spacial score (nSPS) is 25.7. The van der Waals surface area contributed by atoms with E-state index in [4.69, 9.17) is 0 Å². The molecule has 1 N–H and O–H groups in total. The Hall–Kier alpha value is -1.06. The Morgan fingerprint density at radius 3 is 2.40 bits per heavy atom. The van der Waals surface area contributed by atoms with E-state index in [-0.39, 0.29) is 12.6 Å². The lowest BCUT2D eigenvalue weighted by Crippen LogP contribution is -2.41. The van der Waals surface area contributed by atoms with Crippen LogP contribution in [0.3, 0.4) is 0 Å². The van der Waals surface area contributed by atoms with Gasteiger partial charge in [-0.3, -0.25) is 4.79 Å². The molecule has 0 saturated heterocycles. The van der Waals surface area contributed by atoms with Gasteiger partial charge in [0.1, 0.15) is 0 Å². The molecule has 0 aromatic rings. The van der Waals surface area contributed by atoms with Crippen molar-refractivity contribution in [2.45, 2.75) is 45.6 Å². The van der Waals surface area contributed by atoms with Crippen LogP contribution in [-0.2, 0) is 14.3 Å². The monoisotopic (exact) mass is 213 g/mol. The van der Waals surface area contributed by atoms with E-state index in [2.05, 4.69) is 17.0 Å². The van der Waals surface area contributed by atoms with Gasteiger partial charge in [-0.05, 0) is 38.5 Å². The van der Waals surface area contributed by atoms with E-state index in [0.717, 1.165) is 31.6 Å². The van der Waals surface area contributed by atoms with Crippen molar-refractivity contribution >= 4 is 11.9 Å². The lowest BCUT2D eigenvalue weighted by atomic mass is 9.87. The minimum atomic E-state index is -0.767. The summed E-state index contributed by atoms with van der Waals surface area (Å²) >= 11 is 0. The van der Waals surface area contributed by atoms with Gasteiger partial charge in [0.25, 0.3) is 0 Å². The molecule has 0 heterocycles. The quantitative estimate of drug-likeness (QED) is 0.554. The zero-order valence-electron chi connectivity index (χ0n) is 9.41. The Balaban J connectivity index is 2.29. The Bertz CT molecular complexity index is 232. The molecular weight excluding hydrogens is 194 g/mol. The number of rotatable bonds is 2. The van der Waals surface area contributed by atoms with Crippen LogP contribution in [0.2, 0.25) is 0 Å². The van der Waals surface area contributed by atoms with Gasteiger partial charge in [0.2, 0.25) is 0 Å². The van der Waals surface area contributed by atoms with Crippen LogP contribution in [0.4, 0.5) is 0 Å². The Morgan fingerprint density at radius 2 is 1.87 bits per heavy atom. The molecule has 4 heteroatoms. The second kappa shape index (κ2) is 5.73. The number of carbonyl (C=O) groups excluding carboxylic acids is 2. The standard InChI is InChI=1S/C11H19NO3/c1-3-15-11(14)10(13)12-9-6-4-8(2)5-7-9/h8-9H,3-7H2,1-2H3,(H,12,13). The molecule has 0 aromatic carbocycles. The topological polar surface area (TPSA) is 55.4 Å². The minimum Gasteiger partial charge on any atom is -0.459 e. The summed E-state index contributed by atoms with van der Waals surface area (Å²) in [5.41, 5.74) is 0. The third-order valence-electron chi connectivity index (χ3n) is 2.81. The summed E-state index contributed by atoms with van der Waals surface area (Å²) < 4.78 is 4.62. The van der Waals surface area contributed by atoms with Crippen LogP contribution in [0.25, 0.3) is 0 Å². The average molecular weight is 213 g/mol. The van der Waals surface area contributed by atoms with Crippen LogP contribution < -0.4 is 5.32 Å². The Kier molecular flexibility index (Phi) is 4.59. The van der Waals surface area contributed by atoms with Gasteiger partial charge in [-0.25, -0.2) is 4.79 Å². The van der Waals surface area contributed by atoms with E-state index in [1.54, 1.807) is 6.92 Å². The fraction of sp³-hybridized carbons (Fsp3) is 0.818. The van der Waals surface area contributed by atoms with Crippen LogP contribution >= 0.6 is 0 Å². The molecule has 1 rings (SSSR count). The fourth-order valence-corrected chi connectivity index (χ4v) is 1.85. The number of ether oxygens (including phenoxy) is 1. The molecular formula is C11H19NO3. The van der Waals surface area contributed by atoms with E-state index < -0.39 is 11.9 Å².